The fourth-order valence-electron chi connectivity index (χ4n) is 4.81. The fraction of sp³-hybridized carbons (Fsp3) is 0.500. The highest BCUT2D eigenvalue weighted by Crippen LogP contribution is 2.50. The molecular weight excluding hydrogens is 406 g/mol. The van der Waals surface area contributed by atoms with E-state index < -0.39 is 17.6 Å². The van der Waals surface area contributed by atoms with E-state index in [4.69, 9.17) is 9.47 Å². The Morgan fingerprint density at radius 1 is 1.19 bits per heavy atom. The summed E-state index contributed by atoms with van der Waals surface area (Å²) in [6.07, 6.45) is 1.33. The van der Waals surface area contributed by atoms with Gasteiger partial charge in [-0.3, -0.25) is 0 Å². The molecule has 3 rings (SSSR count). The van der Waals surface area contributed by atoms with Gasteiger partial charge in [0, 0.05) is 23.9 Å². The molecule has 1 unspecified atom stereocenters. The lowest BCUT2D eigenvalue weighted by atomic mass is 9.69. The second kappa shape index (κ2) is 10.3. The van der Waals surface area contributed by atoms with Crippen LogP contribution in [-0.4, -0.2) is 53.6 Å². The van der Waals surface area contributed by atoms with Crippen molar-refractivity contribution in [2.75, 3.05) is 20.3 Å². The van der Waals surface area contributed by atoms with Crippen molar-refractivity contribution in [2.45, 2.75) is 58.1 Å². The van der Waals surface area contributed by atoms with Gasteiger partial charge in [0.2, 0.25) is 0 Å². The van der Waals surface area contributed by atoms with Crippen molar-refractivity contribution in [2.24, 2.45) is 5.41 Å². The fourth-order valence-corrected chi connectivity index (χ4v) is 4.81. The van der Waals surface area contributed by atoms with Gasteiger partial charge in [-0.2, -0.15) is 0 Å². The van der Waals surface area contributed by atoms with Crippen LogP contribution in [0.15, 0.2) is 48.5 Å². The summed E-state index contributed by atoms with van der Waals surface area (Å²) in [5.41, 5.74) is 1.66. The van der Waals surface area contributed by atoms with Crippen LogP contribution in [0.3, 0.4) is 0 Å². The number of aryl methyl sites for hydroxylation is 1. The number of methoxy groups -OCH3 is 1. The topological polar surface area (TPSA) is 79.2 Å². The van der Waals surface area contributed by atoms with Crippen LogP contribution in [0.5, 0.6) is 11.5 Å². The largest absolute Gasteiger partial charge is 0.493 e. The number of nitrogens with zero attached hydrogens (tertiary/aromatic N) is 1. The number of amides is 1. The van der Waals surface area contributed by atoms with Crippen molar-refractivity contribution in [3.8, 4) is 11.5 Å². The van der Waals surface area contributed by atoms with E-state index in [1.54, 1.807) is 14.0 Å². The zero-order valence-corrected chi connectivity index (χ0v) is 19.5. The Balaban J connectivity index is 1.72. The highest BCUT2D eigenvalue weighted by molar-refractivity contribution is 5.66. The molecule has 2 aromatic carbocycles. The van der Waals surface area contributed by atoms with Gasteiger partial charge in [-0.15, -0.1) is 0 Å². The Kier molecular flexibility index (Phi) is 7.67. The molecule has 6 heteroatoms. The molecule has 1 saturated heterocycles. The maximum Gasteiger partial charge on any atom is 0.407 e. The first-order valence-corrected chi connectivity index (χ1v) is 11.3. The molecule has 0 radical (unpaired) electrons. The van der Waals surface area contributed by atoms with Crippen molar-refractivity contribution >= 4 is 6.09 Å². The average molecular weight is 442 g/mol. The van der Waals surface area contributed by atoms with E-state index in [0.717, 1.165) is 24.8 Å². The Morgan fingerprint density at radius 2 is 1.91 bits per heavy atom. The molecule has 1 aliphatic heterocycles. The summed E-state index contributed by atoms with van der Waals surface area (Å²) in [6.45, 7) is 6.48. The Hall–Kier alpha value is -2.73. The van der Waals surface area contributed by atoms with Crippen LogP contribution in [0.4, 0.5) is 4.79 Å². The van der Waals surface area contributed by atoms with E-state index in [1.807, 2.05) is 38.1 Å². The molecule has 1 amide bonds. The summed E-state index contributed by atoms with van der Waals surface area (Å²) < 4.78 is 11.6. The van der Waals surface area contributed by atoms with E-state index >= 15 is 0 Å². The van der Waals surface area contributed by atoms with Crippen LogP contribution in [0.25, 0.3) is 0 Å². The van der Waals surface area contributed by atoms with Crippen LogP contribution >= 0.6 is 0 Å². The number of unbranched alkanes of at least 4 members (excludes halogenated alkanes) is 1. The zero-order chi connectivity index (χ0) is 23.3. The highest BCUT2D eigenvalue weighted by Gasteiger charge is 2.53. The van der Waals surface area contributed by atoms with Gasteiger partial charge in [0.15, 0.2) is 11.5 Å². The van der Waals surface area contributed by atoms with Crippen molar-refractivity contribution in [1.82, 2.24) is 4.90 Å². The average Bonchev–Trinajstić information content (AvgIpc) is 3.06. The SMILES string of the molecule is COc1ccc([C@@H]2CN(C(=O)O)C(C)[C@@]2(C)[C@H](C)O)cc1OCCCCc1ccccc1. The zero-order valence-electron chi connectivity index (χ0n) is 19.5. The maximum atomic E-state index is 11.8. The van der Waals surface area contributed by atoms with Crippen molar-refractivity contribution in [1.29, 1.82) is 0 Å². The summed E-state index contributed by atoms with van der Waals surface area (Å²) in [6, 6.07) is 15.8. The van der Waals surface area contributed by atoms with Gasteiger partial charge in [0.1, 0.15) is 0 Å². The Labute approximate surface area is 190 Å². The molecule has 6 nitrogen and oxygen atoms in total. The number of hydrogen-bond acceptors (Lipinski definition) is 4. The van der Waals surface area contributed by atoms with Crippen molar-refractivity contribution < 1.29 is 24.5 Å². The molecule has 0 aromatic heterocycles. The molecule has 1 fully saturated rings. The number of likely N-dealkylation sites (tertiary alicyclic amines) is 1. The van der Waals surface area contributed by atoms with E-state index in [9.17, 15) is 15.0 Å². The number of aliphatic hydroxyl groups excluding tert-OH is 1. The van der Waals surface area contributed by atoms with Gasteiger partial charge in [0.05, 0.1) is 19.8 Å². The second-order valence-corrected chi connectivity index (χ2v) is 8.91. The second-order valence-electron chi connectivity index (χ2n) is 8.91. The lowest BCUT2D eigenvalue weighted by molar-refractivity contribution is 0.0204. The summed E-state index contributed by atoms with van der Waals surface area (Å²) in [5.74, 6) is 1.15. The van der Waals surface area contributed by atoms with Crippen molar-refractivity contribution in [3.05, 3.63) is 59.7 Å². The monoisotopic (exact) mass is 441 g/mol. The number of aliphatic hydroxyl groups is 1. The Bertz CT molecular complexity index is 900. The molecule has 1 aliphatic rings. The lowest BCUT2D eigenvalue weighted by Crippen LogP contribution is -2.45. The molecule has 0 aliphatic carbocycles. The van der Waals surface area contributed by atoms with E-state index in [2.05, 4.69) is 24.3 Å². The first kappa shape index (κ1) is 23.9. The van der Waals surface area contributed by atoms with E-state index in [-0.39, 0.29) is 12.0 Å². The molecule has 4 atom stereocenters. The predicted octanol–water partition coefficient (Wildman–Crippen LogP) is 4.95. The molecule has 2 aromatic rings. The molecular formula is C26H35NO5. The quantitative estimate of drug-likeness (QED) is 0.538. The third-order valence-corrected chi connectivity index (χ3v) is 7.19. The lowest BCUT2D eigenvalue weighted by Gasteiger charge is -2.38. The molecule has 174 valence electrons. The molecule has 2 N–H and O–H groups in total. The molecule has 0 bridgehead atoms. The van der Waals surface area contributed by atoms with E-state index in [0.29, 0.717) is 24.7 Å². The maximum absolute atomic E-state index is 11.8. The standard InChI is InChI=1S/C26H35NO5/c1-18-26(3,19(2)28)22(17-27(18)25(29)30)21-13-14-23(31-4)24(16-21)32-15-9-8-12-20-10-6-5-7-11-20/h5-7,10-11,13-14,16,18-19,22,28H,8-9,12,15,17H2,1-4H3,(H,29,30)/t18?,19-,22-,26-/m0/s1. The number of carboxylic acid groups (broad SMARTS) is 1. The number of rotatable bonds is 9. The summed E-state index contributed by atoms with van der Waals surface area (Å²) in [7, 11) is 1.61. The minimum Gasteiger partial charge on any atom is -0.493 e. The molecule has 0 spiro atoms. The van der Waals surface area contributed by atoms with Crippen LogP contribution in [0, 0.1) is 5.41 Å². The van der Waals surface area contributed by atoms with Gasteiger partial charge < -0.3 is 24.6 Å². The third-order valence-electron chi connectivity index (χ3n) is 7.19. The van der Waals surface area contributed by atoms with Gasteiger partial charge in [0.25, 0.3) is 0 Å². The van der Waals surface area contributed by atoms with Crippen LogP contribution in [0.1, 0.15) is 50.7 Å². The van der Waals surface area contributed by atoms with Gasteiger partial charge in [-0.1, -0.05) is 43.3 Å². The van der Waals surface area contributed by atoms with Crippen LogP contribution < -0.4 is 9.47 Å². The minimum absolute atomic E-state index is 0.153. The van der Waals surface area contributed by atoms with Crippen LogP contribution in [-0.2, 0) is 6.42 Å². The minimum atomic E-state index is -0.963. The van der Waals surface area contributed by atoms with Gasteiger partial charge >= 0.3 is 6.09 Å². The van der Waals surface area contributed by atoms with Crippen LogP contribution in [0.2, 0.25) is 0 Å². The van der Waals surface area contributed by atoms with E-state index in [1.165, 1.54) is 10.5 Å². The number of carbonyl (C=O) groups is 1. The normalized spacial score (nSPS) is 23.7. The third kappa shape index (κ3) is 4.85. The first-order valence-electron chi connectivity index (χ1n) is 11.3. The first-order chi connectivity index (χ1) is 15.3. The number of ether oxygens (including phenoxy) is 2. The van der Waals surface area contributed by atoms with Gasteiger partial charge in [-0.25, -0.2) is 4.79 Å². The molecule has 0 saturated carbocycles. The summed E-state index contributed by atoms with van der Waals surface area (Å²) in [5, 5.41) is 20.2. The predicted molar refractivity (Wildman–Crippen MR) is 125 cm³/mol. The molecule has 1 heterocycles. The summed E-state index contributed by atoms with van der Waals surface area (Å²) in [4.78, 5) is 13.2. The summed E-state index contributed by atoms with van der Waals surface area (Å²) >= 11 is 0. The van der Waals surface area contributed by atoms with Gasteiger partial charge in [-0.05, 0) is 56.4 Å². The number of benzene rings is 2. The Morgan fingerprint density at radius 3 is 2.53 bits per heavy atom. The van der Waals surface area contributed by atoms with Crippen molar-refractivity contribution in [3.63, 3.8) is 0 Å². The highest BCUT2D eigenvalue weighted by atomic mass is 16.5. The molecule has 32 heavy (non-hydrogen) atoms. The smallest absolute Gasteiger partial charge is 0.407 e. The number of hydrogen-bond donors (Lipinski definition) is 2.